The molecule has 0 spiro atoms. The minimum atomic E-state index is 0.561. The van der Waals surface area contributed by atoms with E-state index in [0.717, 1.165) is 36.4 Å². The predicted molar refractivity (Wildman–Crippen MR) is 80.3 cm³/mol. The standard InChI is InChI=1S/C15H24N4/c1-5-7-9-19-12(8-6-2)18-13-14(19)10(3)11(4)17-15(13)16/h5-9H2,1-4H3,(H2,16,17). The monoisotopic (exact) mass is 260 g/mol. The van der Waals surface area contributed by atoms with Gasteiger partial charge in [0.15, 0.2) is 5.82 Å². The molecule has 0 saturated carbocycles. The third kappa shape index (κ3) is 2.44. The number of pyridine rings is 1. The van der Waals surface area contributed by atoms with E-state index in [0.29, 0.717) is 5.82 Å². The van der Waals surface area contributed by atoms with E-state index in [4.69, 9.17) is 10.7 Å². The molecular weight excluding hydrogens is 236 g/mol. The summed E-state index contributed by atoms with van der Waals surface area (Å²) in [6.07, 6.45) is 4.45. The Morgan fingerprint density at radius 3 is 2.47 bits per heavy atom. The lowest BCUT2D eigenvalue weighted by Gasteiger charge is -2.10. The number of rotatable bonds is 5. The molecule has 0 bridgehead atoms. The Morgan fingerprint density at radius 1 is 1.11 bits per heavy atom. The van der Waals surface area contributed by atoms with E-state index < -0.39 is 0 Å². The first kappa shape index (κ1) is 13.8. The van der Waals surface area contributed by atoms with Crippen molar-refractivity contribution in [3.8, 4) is 0 Å². The molecule has 0 aliphatic heterocycles. The molecule has 104 valence electrons. The smallest absolute Gasteiger partial charge is 0.151 e. The van der Waals surface area contributed by atoms with E-state index >= 15 is 0 Å². The van der Waals surface area contributed by atoms with Gasteiger partial charge >= 0.3 is 0 Å². The van der Waals surface area contributed by atoms with Gasteiger partial charge in [0.25, 0.3) is 0 Å². The van der Waals surface area contributed by atoms with Crippen molar-refractivity contribution in [2.75, 3.05) is 5.73 Å². The molecule has 19 heavy (non-hydrogen) atoms. The van der Waals surface area contributed by atoms with Crippen LogP contribution in [0.4, 0.5) is 5.82 Å². The number of imidazole rings is 1. The minimum absolute atomic E-state index is 0.561. The van der Waals surface area contributed by atoms with E-state index in [1.54, 1.807) is 0 Å². The summed E-state index contributed by atoms with van der Waals surface area (Å²) in [7, 11) is 0. The second-order valence-electron chi connectivity index (χ2n) is 5.19. The normalized spacial score (nSPS) is 11.4. The Kier molecular flexibility index (Phi) is 4.08. The number of anilines is 1. The Balaban J connectivity index is 2.67. The molecule has 0 aliphatic rings. The molecule has 0 aromatic carbocycles. The first-order valence-electron chi connectivity index (χ1n) is 7.21. The van der Waals surface area contributed by atoms with Crippen molar-refractivity contribution in [2.45, 2.75) is 59.9 Å². The number of hydrogen-bond donors (Lipinski definition) is 1. The van der Waals surface area contributed by atoms with Crippen molar-refractivity contribution in [1.29, 1.82) is 0 Å². The van der Waals surface area contributed by atoms with Crippen LogP contribution < -0.4 is 5.73 Å². The SMILES string of the molecule is CCCCn1c(CCC)nc2c(N)nc(C)c(C)c21. The molecule has 4 nitrogen and oxygen atoms in total. The van der Waals surface area contributed by atoms with E-state index in [9.17, 15) is 0 Å². The van der Waals surface area contributed by atoms with Gasteiger partial charge in [0.2, 0.25) is 0 Å². The zero-order valence-corrected chi connectivity index (χ0v) is 12.5. The Hall–Kier alpha value is -1.58. The number of unbranched alkanes of at least 4 members (excludes halogenated alkanes) is 1. The number of aryl methyl sites for hydroxylation is 4. The van der Waals surface area contributed by atoms with Gasteiger partial charge in [-0.25, -0.2) is 9.97 Å². The quantitative estimate of drug-likeness (QED) is 0.896. The van der Waals surface area contributed by atoms with Crippen LogP contribution in [0.3, 0.4) is 0 Å². The second kappa shape index (κ2) is 5.59. The highest BCUT2D eigenvalue weighted by Crippen LogP contribution is 2.26. The lowest BCUT2D eigenvalue weighted by Crippen LogP contribution is -2.05. The van der Waals surface area contributed by atoms with Gasteiger partial charge in [-0.1, -0.05) is 20.3 Å². The zero-order chi connectivity index (χ0) is 14.0. The second-order valence-corrected chi connectivity index (χ2v) is 5.19. The van der Waals surface area contributed by atoms with Crippen molar-refractivity contribution in [1.82, 2.24) is 14.5 Å². The maximum absolute atomic E-state index is 6.05. The van der Waals surface area contributed by atoms with Crippen LogP contribution in [-0.4, -0.2) is 14.5 Å². The van der Waals surface area contributed by atoms with Gasteiger partial charge in [0.1, 0.15) is 11.3 Å². The Labute approximate surface area is 115 Å². The molecule has 2 rings (SSSR count). The maximum Gasteiger partial charge on any atom is 0.151 e. The summed E-state index contributed by atoms with van der Waals surface area (Å²) in [5.41, 5.74) is 10.3. The van der Waals surface area contributed by atoms with E-state index in [1.807, 2.05) is 6.92 Å². The maximum atomic E-state index is 6.05. The molecule has 0 fully saturated rings. The molecule has 0 radical (unpaired) electrons. The van der Waals surface area contributed by atoms with E-state index in [-0.39, 0.29) is 0 Å². The van der Waals surface area contributed by atoms with Crippen LogP contribution in [0.5, 0.6) is 0 Å². The van der Waals surface area contributed by atoms with E-state index in [1.165, 1.54) is 23.9 Å². The predicted octanol–water partition coefficient (Wildman–Crippen LogP) is 3.38. The van der Waals surface area contributed by atoms with Gasteiger partial charge in [-0.3, -0.25) is 0 Å². The first-order chi connectivity index (χ1) is 9.10. The lowest BCUT2D eigenvalue weighted by atomic mass is 10.2. The highest BCUT2D eigenvalue weighted by molar-refractivity contribution is 5.88. The van der Waals surface area contributed by atoms with Gasteiger partial charge in [0, 0.05) is 18.7 Å². The van der Waals surface area contributed by atoms with Crippen LogP contribution in [-0.2, 0) is 13.0 Å². The van der Waals surface area contributed by atoms with Crippen molar-refractivity contribution in [2.24, 2.45) is 0 Å². The summed E-state index contributed by atoms with van der Waals surface area (Å²) in [6, 6.07) is 0. The molecule has 2 aromatic rings. The van der Waals surface area contributed by atoms with Crippen LogP contribution in [0.2, 0.25) is 0 Å². The summed E-state index contributed by atoms with van der Waals surface area (Å²) in [5, 5.41) is 0. The fraction of sp³-hybridized carbons (Fsp3) is 0.600. The highest BCUT2D eigenvalue weighted by Gasteiger charge is 2.16. The van der Waals surface area contributed by atoms with Crippen LogP contribution in [0.25, 0.3) is 11.0 Å². The largest absolute Gasteiger partial charge is 0.382 e. The van der Waals surface area contributed by atoms with Crippen LogP contribution in [0.15, 0.2) is 0 Å². The van der Waals surface area contributed by atoms with Gasteiger partial charge in [-0.2, -0.15) is 0 Å². The fourth-order valence-electron chi connectivity index (χ4n) is 2.52. The number of nitrogens with zero attached hydrogens (tertiary/aromatic N) is 3. The van der Waals surface area contributed by atoms with Crippen molar-refractivity contribution < 1.29 is 0 Å². The van der Waals surface area contributed by atoms with Gasteiger partial charge < -0.3 is 10.3 Å². The molecule has 2 aromatic heterocycles. The van der Waals surface area contributed by atoms with Crippen LogP contribution >= 0.6 is 0 Å². The third-order valence-electron chi connectivity index (χ3n) is 3.68. The number of hydrogen-bond acceptors (Lipinski definition) is 3. The molecule has 2 heterocycles. The minimum Gasteiger partial charge on any atom is -0.382 e. The van der Waals surface area contributed by atoms with E-state index in [2.05, 4.69) is 30.3 Å². The summed E-state index contributed by atoms with van der Waals surface area (Å²) < 4.78 is 2.35. The summed E-state index contributed by atoms with van der Waals surface area (Å²) >= 11 is 0. The molecule has 0 amide bonds. The van der Waals surface area contributed by atoms with Crippen LogP contribution in [0, 0.1) is 13.8 Å². The summed E-state index contributed by atoms with van der Waals surface area (Å²) in [4.78, 5) is 9.13. The fourth-order valence-corrected chi connectivity index (χ4v) is 2.52. The molecule has 4 heteroatoms. The summed E-state index contributed by atoms with van der Waals surface area (Å²) in [6.45, 7) is 9.55. The molecule has 0 atom stereocenters. The average molecular weight is 260 g/mol. The van der Waals surface area contributed by atoms with Gasteiger partial charge in [-0.05, 0) is 32.3 Å². The number of fused-ring (bicyclic) bond motifs is 1. The van der Waals surface area contributed by atoms with Crippen molar-refractivity contribution in [3.63, 3.8) is 0 Å². The topological polar surface area (TPSA) is 56.7 Å². The number of nitrogens with two attached hydrogens (primary N) is 1. The summed E-state index contributed by atoms with van der Waals surface area (Å²) in [5.74, 6) is 1.71. The Bertz CT molecular complexity index is 584. The number of aromatic nitrogens is 3. The molecular formula is C15H24N4. The molecule has 0 unspecified atom stereocenters. The Morgan fingerprint density at radius 2 is 1.84 bits per heavy atom. The van der Waals surface area contributed by atoms with Gasteiger partial charge in [-0.15, -0.1) is 0 Å². The lowest BCUT2D eigenvalue weighted by molar-refractivity contribution is 0.610. The van der Waals surface area contributed by atoms with Gasteiger partial charge in [0.05, 0.1) is 5.52 Å². The van der Waals surface area contributed by atoms with Crippen molar-refractivity contribution >= 4 is 16.9 Å². The van der Waals surface area contributed by atoms with Crippen molar-refractivity contribution in [3.05, 3.63) is 17.1 Å². The zero-order valence-electron chi connectivity index (χ0n) is 12.5. The average Bonchev–Trinajstić information content (AvgIpc) is 2.73. The molecule has 0 saturated heterocycles. The first-order valence-corrected chi connectivity index (χ1v) is 7.21. The number of nitrogen functional groups attached to an aromatic ring is 1. The van der Waals surface area contributed by atoms with Crippen LogP contribution in [0.1, 0.15) is 50.2 Å². The highest BCUT2D eigenvalue weighted by atomic mass is 15.1. The third-order valence-corrected chi connectivity index (χ3v) is 3.68. The molecule has 0 aliphatic carbocycles. The molecule has 2 N–H and O–H groups in total.